The number of aliphatic hydroxyl groups excluding tert-OH is 4. The zero-order chi connectivity index (χ0) is 39.6. The zero-order valence-corrected chi connectivity index (χ0v) is 33.0. The molecule has 0 rings (SSSR count). The van der Waals surface area contributed by atoms with Crippen molar-refractivity contribution in [3.8, 4) is 0 Å². The topological polar surface area (TPSA) is 189 Å². The van der Waals surface area contributed by atoms with Gasteiger partial charge in [0, 0.05) is 12.8 Å². The van der Waals surface area contributed by atoms with Gasteiger partial charge in [0.1, 0.15) is 12.7 Å². The van der Waals surface area contributed by atoms with Crippen LogP contribution in [-0.4, -0.2) is 88.1 Å². The Morgan fingerprint density at radius 2 is 1.36 bits per heavy atom. The van der Waals surface area contributed by atoms with E-state index >= 15 is 0 Å². The van der Waals surface area contributed by atoms with Crippen LogP contribution in [0.5, 0.6) is 0 Å². The second-order valence-corrected chi connectivity index (χ2v) is 14.6. The van der Waals surface area contributed by atoms with Gasteiger partial charge in [0.15, 0.2) is 6.10 Å². The number of phosphoric ester groups is 1. The van der Waals surface area contributed by atoms with E-state index in [4.69, 9.17) is 19.1 Å². The predicted molar refractivity (Wildman–Crippen MR) is 208 cm³/mol. The van der Waals surface area contributed by atoms with Gasteiger partial charge in [-0.1, -0.05) is 132 Å². The molecular weight excluding hydrogens is 703 g/mol. The molecule has 13 heteroatoms. The summed E-state index contributed by atoms with van der Waals surface area (Å²) in [4.78, 5) is 34.7. The minimum absolute atomic E-state index is 0.0515. The quantitative estimate of drug-likeness (QED) is 0.0150. The SMILES string of the molecule is CC/C=C\C[C@@H](O)/C=C/C=C\C/C=C\C=C\[C@@H](O)/C=C\CCCC(=O)OC[C@H](COP(=O)(O)OC[C@@H](O)CO)OC(=O)CCCCCCCCC(C)C. The minimum Gasteiger partial charge on any atom is -0.462 e. The van der Waals surface area contributed by atoms with E-state index in [2.05, 4.69) is 18.4 Å². The molecule has 1 unspecified atom stereocenters. The average molecular weight is 771 g/mol. The summed E-state index contributed by atoms with van der Waals surface area (Å²) in [5.74, 6) is -0.431. The largest absolute Gasteiger partial charge is 0.472 e. The molecule has 0 spiro atoms. The van der Waals surface area contributed by atoms with Crippen molar-refractivity contribution in [2.45, 2.75) is 135 Å². The van der Waals surface area contributed by atoms with E-state index in [-0.39, 0.29) is 12.8 Å². The molecule has 0 fully saturated rings. The van der Waals surface area contributed by atoms with Crippen molar-refractivity contribution >= 4 is 19.8 Å². The van der Waals surface area contributed by atoms with Crippen LogP contribution < -0.4 is 0 Å². The Labute approximate surface area is 317 Å². The Kier molecular flexibility index (Phi) is 32.2. The van der Waals surface area contributed by atoms with Crippen LogP contribution in [0, 0.1) is 5.92 Å². The van der Waals surface area contributed by atoms with Gasteiger partial charge in [-0.2, -0.15) is 0 Å². The lowest BCUT2D eigenvalue weighted by atomic mass is 10.0. The number of unbranched alkanes of at least 4 members (excludes halogenated alkanes) is 6. The van der Waals surface area contributed by atoms with Crippen LogP contribution in [0.3, 0.4) is 0 Å². The van der Waals surface area contributed by atoms with Crippen LogP contribution in [0.15, 0.2) is 72.9 Å². The monoisotopic (exact) mass is 770 g/mol. The van der Waals surface area contributed by atoms with Crippen molar-refractivity contribution in [3.05, 3.63) is 72.9 Å². The molecule has 0 aromatic heterocycles. The fraction of sp³-hybridized carbons (Fsp3) is 0.650. The molecule has 0 bridgehead atoms. The molecule has 0 aromatic rings. The molecule has 0 radical (unpaired) electrons. The number of aliphatic hydroxyl groups is 4. The molecular formula is C40H67O12P. The van der Waals surface area contributed by atoms with Crippen LogP contribution in [0.4, 0.5) is 0 Å². The maximum absolute atomic E-state index is 12.5. The Morgan fingerprint density at radius 3 is 2.04 bits per heavy atom. The highest BCUT2D eigenvalue weighted by Gasteiger charge is 2.27. The van der Waals surface area contributed by atoms with E-state index in [1.165, 1.54) is 12.8 Å². The number of ether oxygens (including phenoxy) is 2. The number of allylic oxidation sites excluding steroid dienone is 8. The molecule has 0 aromatic carbocycles. The first kappa shape index (κ1) is 50.3. The summed E-state index contributed by atoms with van der Waals surface area (Å²) < 4.78 is 32.4. The van der Waals surface area contributed by atoms with Gasteiger partial charge in [-0.25, -0.2) is 4.57 Å². The number of carbonyl (C=O) groups is 2. The highest BCUT2D eigenvalue weighted by molar-refractivity contribution is 7.47. The molecule has 0 aliphatic heterocycles. The molecule has 304 valence electrons. The van der Waals surface area contributed by atoms with Gasteiger partial charge in [-0.05, 0) is 44.4 Å². The van der Waals surface area contributed by atoms with Crippen molar-refractivity contribution in [3.63, 3.8) is 0 Å². The normalized spacial score (nSPS) is 16.1. The summed E-state index contributed by atoms with van der Waals surface area (Å²) >= 11 is 0. The first-order chi connectivity index (χ1) is 25.4. The molecule has 0 saturated heterocycles. The summed E-state index contributed by atoms with van der Waals surface area (Å²) in [6, 6.07) is 0. The Hall–Kier alpha value is -2.67. The summed E-state index contributed by atoms with van der Waals surface area (Å²) in [6.45, 7) is 4.12. The number of esters is 2. The fourth-order valence-electron chi connectivity index (χ4n) is 4.50. The summed E-state index contributed by atoms with van der Waals surface area (Å²) in [5, 5.41) is 38.2. The van der Waals surface area contributed by atoms with Crippen molar-refractivity contribution in [1.29, 1.82) is 0 Å². The predicted octanol–water partition coefficient (Wildman–Crippen LogP) is 7.12. The van der Waals surface area contributed by atoms with Crippen LogP contribution in [0.1, 0.15) is 111 Å². The Balaban J connectivity index is 4.61. The van der Waals surface area contributed by atoms with Crippen molar-refractivity contribution < 1.29 is 58.0 Å². The van der Waals surface area contributed by atoms with Crippen LogP contribution >= 0.6 is 7.82 Å². The molecule has 53 heavy (non-hydrogen) atoms. The lowest BCUT2D eigenvalue weighted by Gasteiger charge is -2.20. The van der Waals surface area contributed by atoms with Crippen LogP contribution in [-0.2, 0) is 32.7 Å². The first-order valence-electron chi connectivity index (χ1n) is 19.0. The summed E-state index contributed by atoms with van der Waals surface area (Å²) in [6.07, 6.45) is 28.5. The van der Waals surface area contributed by atoms with Gasteiger partial charge in [0.2, 0.25) is 0 Å². The molecule has 0 amide bonds. The van der Waals surface area contributed by atoms with E-state index in [1.807, 2.05) is 49.5 Å². The summed E-state index contributed by atoms with van der Waals surface area (Å²) in [5.41, 5.74) is 0. The maximum Gasteiger partial charge on any atom is 0.472 e. The summed E-state index contributed by atoms with van der Waals surface area (Å²) in [7, 11) is -4.66. The van der Waals surface area contributed by atoms with Gasteiger partial charge in [0.25, 0.3) is 0 Å². The minimum atomic E-state index is -4.66. The second kappa shape index (κ2) is 33.9. The fourth-order valence-corrected chi connectivity index (χ4v) is 5.29. The van der Waals surface area contributed by atoms with Crippen LogP contribution in [0.2, 0.25) is 0 Å². The van der Waals surface area contributed by atoms with Crippen molar-refractivity contribution in [1.82, 2.24) is 0 Å². The van der Waals surface area contributed by atoms with E-state index in [9.17, 15) is 34.4 Å². The second-order valence-electron chi connectivity index (χ2n) is 13.1. The molecule has 12 nitrogen and oxygen atoms in total. The number of rotatable bonds is 33. The molecule has 0 aliphatic rings. The maximum atomic E-state index is 12.5. The van der Waals surface area contributed by atoms with E-state index < -0.39 is 70.6 Å². The molecule has 0 aliphatic carbocycles. The van der Waals surface area contributed by atoms with E-state index in [1.54, 1.807) is 30.4 Å². The molecule has 0 saturated carbocycles. The smallest absolute Gasteiger partial charge is 0.462 e. The highest BCUT2D eigenvalue weighted by atomic mass is 31.2. The number of hydrogen-bond donors (Lipinski definition) is 5. The van der Waals surface area contributed by atoms with Gasteiger partial charge in [-0.3, -0.25) is 18.6 Å². The standard InChI is InChI=1S/C40H67O12P/c1-4-5-16-24-35(42)25-18-12-7-6-8-13-19-26-36(43)27-20-15-22-28-39(45)49-32-38(33-51-53(47,48)50-31-37(44)30-41)52-40(46)29-21-14-10-9-11-17-23-34(2)3/h5,7-8,12-13,16,18-20,25-27,34-38,41-44H,4,6,9-11,14-15,17,21-24,28-33H2,1-3H3,(H,47,48)/b12-7-,13-8-,16-5-,25-18+,26-19+,27-20-/t35-,36-,37+,38-/m1/s1. The zero-order valence-electron chi connectivity index (χ0n) is 32.1. The van der Waals surface area contributed by atoms with E-state index in [0.717, 1.165) is 32.1 Å². The lowest BCUT2D eigenvalue weighted by Crippen LogP contribution is -2.29. The number of hydrogen-bond acceptors (Lipinski definition) is 11. The number of carbonyl (C=O) groups excluding carboxylic acids is 2. The van der Waals surface area contributed by atoms with Gasteiger partial charge >= 0.3 is 19.8 Å². The third kappa shape index (κ3) is 34.8. The lowest BCUT2D eigenvalue weighted by molar-refractivity contribution is -0.161. The Morgan fingerprint density at radius 1 is 0.717 bits per heavy atom. The van der Waals surface area contributed by atoms with Gasteiger partial charge in [-0.15, -0.1) is 0 Å². The third-order valence-electron chi connectivity index (χ3n) is 7.48. The van der Waals surface area contributed by atoms with Crippen molar-refractivity contribution in [2.24, 2.45) is 5.92 Å². The molecule has 0 heterocycles. The highest BCUT2D eigenvalue weighted by Crippen LogP contribution is 2.43. The first-order valence-corrected chi connectivity index (χ1v) is 20.5. The Bertz CT molecular complexity index is 1160. The van der Waals surface area contributed by atoms with Crippen molar-refractivity contribution in [2.75, 3.05) is 26.4 Å². The molecule has 5 atom stereocenters. The van der Waals surface area contributed by atoms with Gasteiger partial charge in [0.05, 0.1) is 32.0 Å². The average Bonchev–Trinajstić information content (AvgIpc) is 3.11. The number of phosphoric acid groups is 1. The van der Waals surface area contributed by atoms with Gasteiger partial charge < -0.3 is 34.8 Å². The van der Waals surface area contributed by atoms with Crippen LogP contribution in [0.25, 0.3) is 0 Å². The molecule has 5 N–H and O–H groups in total. The van der Waals surface area contributed by atoms with E-state index in [0.29, 0.717) is 38.0 Å². The third-order valence-corrected chi connectivity index (χ3v) is 8.43.